The zero-order chi connectivity index (χ0) is 18.1. The molecule has 1 aliphatic heterocycles. The molecule has 1 aliphatic carbocycles. The van der Waals surface area contributed by atoms with Gasteiger partial charge in [0, 0.05) is 45.1 Å². The molecule has 0 spiro atoms. The molecule has 1 aromatic carbocycles. The quantitative estimate of drug-likeness (QED) is 0.794. The van der Waals surface area contributed by atoms with Gasteiger partial charge in [-0.05, 0) is 67.0 Å². The first-order valence-electron chi connectivity index (χ1n) is 9.93. The molecule has 26 heavy (non-hydrogen) atoms. The molecule has 2 aromatic rings. The maximum Gasteiger partial charge on any atom is 0.274 e. The summed E-state index contributed by atoms with van der Waals surface area (Å²) in [6.45, 7) is 6.49. The Balaban J connectivity index is 1.64. The summed E-state index contributed by atoms with van der Waals surface area (Å²) in [5.41, 5.74) is 4.88. The van der Waals surface area contributed by atoms with Crippen LogP contribution in [0.2, 0.25) is 0 Å². The number of nitrogens with zero attached hydrogens (tertiary/aromatic N) is 3. The SMILES string of the molecule is CCCN(c1ccc2c(c1)CN(CC1CC1)CC2)c1cccn(C)c1=O. The molecule has 0 atom stereocenters. The van der Waals surface area contributed by atoms with Crippen LogP contribution in [0.15, 0.2) is 41.3 Å². The Labute approximate surface area is 156 Å². The lowest BCUT2D eigenvalue weighted by Gasteiger charge is -2.31. The van der Waals surface area contributed by atoms with E-state index in [0.717, 1.165) is 43.2 Å². The lowest BCUT2D eigenvalue weighted by molar-refractivity contribution is 0.244. The first-order valence-corrected chi connectivity index (χ1v) is 9.93. The molecule has 0 radical (unpaired) electrons. The molecule has 4 rings (SSSR count). The highest BCUT2D eigenvalue weighted by Gasteiger charge is 2.26. The van der Waals surface area contributed by atoms with Crippen LogP contribution < -0.4 is 10.5 Å². The lowest BCUT2D eigenvalue weighted by atomic mass is 9.98. The molecule has 0 amide bonds. The van der Waals surface area contributed by atoms with Gasteiger partial charge in [0.15, 0.2) is 0 Å². The molecule has 0 N–H and O–H groups in total. The van der Waals surface area contributed by atoms with Crippen molar-refractivity contribution < 1.29 is 0 Å². The molecule has 0 unspecified atom stereocenters. The third kappa shape index (κ3) is 3.56. The molecule has 2 heterocycles. The van der Waals surface area contributed by atoms with Crippen LogP contribution in [0.4, 0.5) is 11.4 Å². The summed E-state index contributed by atoms with van der Waals surface area (Å²) in [6.07, 6.45) is 6.78. The fourth-order valence-electron chi connectivity index (χ4n) is 3.99. The second-order valence-electron chi connectivity index (χ2n) is 7.84. The summed E-state index contributed by atoms with van der Waals surface area (Å²) in [5.74, 6) is 0.934. The van der Waals surface area contributed by atoms with Crippen molar-refractivity contribution in [3.8, 4) is 0 Å². The molecule has 4 nitrogen and oxygen atoms in total. The molecule has 1 saturated carbocycles. The summed E-state index contributed by atoms with van der Waals surface area (Å²) in [6, 6.07) is 10.7. The Hall–Kier alpha value is -2.07. The number of benzene rings is 1. The van der Waals surface area contributed by atoms with Crippen LogP contribution in [0.3, 0.4) is 0 Å². The second-order valence-corrected chi connectivity index (χ2v) is 7.84. The summed E-state index contributed by atoms with van der Waals surface area (Å²) < 4.78 is 1.66. The third-order valence-corrected chi connectivity index (χ3v) is 5.65. The zero-order valence-electron chi connectivity index (χ0n) is 15.9. The Morgan fingerprint density at radius 3 is 2.81 bits per heavy atom. The molecule has 2 aliphatic rings. The molecule has 1 fully saturated rings. The van der Waals surface area contributed by atoms with Gasteiger partial charge >= 0.3 is 0 Å². The number of rotatable bonds is 6. The molecule has 0 saturated heterocycles. The zero-order valence-corrected chi connectivity index (χ0v) is 15.9. The molecule has 1 aromatic heterocycles. The van der Waals surface area contributed by atoms with Crippen molar-refractivity contribution in [3.05, 3.63) is 58.0 Å². The highest BCUT2D eigenvalue weighted by molar-refractivity contribution is 5.64. The van der Waals surface area contributed by atoms with Crippen molar-refractivity contribution >= 4 is 11.4 Å². The maximum atomic E-state index is 12.6. The highest BCUT2D eigenvalue weighted by Crippen LogP contribution is 2.33. The van der Waals surface area contributed by atoms with E-state index in [1.807, 2.05) is 25.4 Å². The van der Waals surface area contributed by atoms with E-state index in [1.54, 1.807) is 4.57 Å². The Morgan fingerprint density at radius 2 is 2.04 bits per heavy atom. The summed E-state index contributed by atoms with van der Waals surface area (Å²) in [7, 11) is 1.82. The molecule has 4 heteroatoms. The van der Waals surface area contributed by atoms with Crippen molar-refractivity contribution in [2.24, 2.45) is 13.0 Å². The van der Waals surface area contributed by atoms with Crippen LogP contribution in [-0.2, 0) is 20.0 Å². The standard InChI is InChI=1S/C22H29N3O/c1-3-11-25(21-5-4-12-23(2)22(21)26)20-9-8-18-10-13-24(15-17-6-7-17)16-19(18)14-20/h4-5,8-9,12,14,17H,3,6-7,10-11,13,15-16H2,1-2H3. The van der Waals surface area contributed by atoms with Gasteiger partial charge in [0.05, 0.1) is 0 Å². The van der Waals surface area contributed by atoms with Gasteiger partial charge in [-0.1, -0.05) is 13.0 Å². The average Bonchev–Trinajstić information content (AvgIpc) is 3.46. The number of hydrogen-bond acceptors (Lipinski definition) is 3. The van der Waals surface area contributed by atoms with Gasteiger partial charge in [-0.3, -0.25) is 9.69 Å². The van der Waals surface area contributed by atoms with Crippen molar-refractivity contribution in [3.63, 3.8) is 0 Å². The number of pyridine rings is 1. The number of anilines is 2. The molecular weight excluding hydrogens is 322 g/mol. The van der Waals surface area contributed by atoms with Crippen molar-refractivity contribution in [2.45, 2.75) is 39.2 Å². The fraction of sp³-hybridized carbons (Fsp3) is 0.500. The summed E-state index contributed by atoms with van der Waals surface area (Å²) in [4.78, 5) is 17.4. The lowest BCUT2D eigenvalue weighted by Crippen LogP contribution is -2.32. The number of aromatic nitrogens is 1. The van der Waals surface area contributed by atoms with Crippen molar-refractivity contribution in [2.75, 3.05) is 24.5 Å². The van der Waals surface area contributed by atoms with Gasteiger partial charge in [-0.15, -0.1) is 0 Å². The third-order valence-electron chi connectivity index (χ3n) is 5.65. The van der Waals surface area contributed by atoms with E-state index in [4.69, 9.17) is 0 Å². The van der Waals surface area contributed by atoms with E-state index < -0.39 is 0 Å². The number of hydrogen-bond donors (Lipinski definition) is 0. The minimum absolute atomic E-state index is 0.0639. The van der Waals surface area contributed by atoms with Crippen molar-refractivity contribution in [1.29, 1.82) is 0 Å². The monoisotopic (exact) mass is 351 g/mol. The predicted octanol–water partition coefficient (Wildman–Crippen LogP) is 3.70. The van der Waals surface area contributed by atoms with Gasteiger partial charge in [0.25, 0.3) is 5.56 Å². The Morgan fingerprint density at radius 1 is 1.19 bits per heavy atom. The van der Waals surface area contributed by atoms with Crippen LogP contribution in [0.5, 0.6) is 0 Å². The van der Waals surface area contributed by atoms with Gasteiger partial charge in [0.2, 0.25) is 0 Å². The minimum Gasteiger partial charge on any atom is -0.337 e. The fourth-order valence-corrected chi connectivity index (χ4v) is 3.99. The van der Waals surface area contributed by atoms with Gasteiger partial charge < -0.3 is 9.47 Å². The maximum absolute atomic E-state index is 12.6. The second kappa shape index (κ2) is 7.28. The smallest absolute Gasteiger partial charge is 0.274 e. The van der Waals surface area contributed by atoms with Crippen LogP contribution in [0, 0.1) is 5.92 Å². The van der Waals surface area contributed by atoms with E-state index in [-0.39, 0.29) is 5.56 Å². The van der Waals surface area contributed by atoms with E-state index in [2.05, 4.69) is 34.9 Å². The molecule has 138 valence electrons. The van der Waals surface area contributed by atoms with Crippen LogP contribution in [-0.4, -0.2) is 29.1 Å². The first kappa shape index (κ1) is 17.3. The van der Waals surface area contributed by atoms with E-state index in [0.29, 0.717) is 0 Å². The number of aryl methyl sites for hydroxylation is 1. The van der Waals surface area contributed by atoms with Crippen LogP contribution in [0.25, 0.3) is 0 Å². The van der Waals surface area contributed by atoms with Crippen molar-refractivity contribution in [1.82, 2.24) is 9.47 Å². The minimum atomic E-state index is 0.0639. The van der Waals surface area contributed by atoms with Gasteiger partial charge in [-0.25, -0.2) is 0 Å². The largest absolute Gasteiger partial charge is 0.337 e. The topological polar surface area (TPSA) is 28.5 Å². The first-order chi connectivity index (χ1) is 12.7. The number of fused-ring (bicyclic) bond motifs is 1. The summed E-state index contributed by atoms with van der Waals surface area (Å²) in [5, 5.41) is 0. The van der Waals surface area contributed by atoms with Gasteiger partial charge in [0.1, 0.15) is 5.69 Å². The Kier molecular flexibility index (Phi) is 4.86. The van der Waals surface area contributed by atoms with E-state index in [1.165, 1.54) is 37.1 Å². The molecular formula is C22H29N3O. The summed E-state index contributed by atoms with van der Waals surface area (Å²) >= 11 is 0. The van der Waals surface area contributed by atoms with Crippen LogP contribution in [0.1, 0.15) is 37.3 Å². The molecule has 0 bridgehead atoms. The highest BCUT2D eigenvalue weighted by atomic mass is 16.1. The Bertz CT molecular complexity index is 838. The van der Waals surface area contributed by atoms with Crippen LogP contribution >= 0.6 is 0 Å². The van der Waals surface area contributed by atoms with E-state index >= 15 is 0 Å². The normalized spacial score (nSPS) is 17.2. The van der Waals surface area contributed by atoms with E-state index in [9.17, 15) is 4.79 Å². The average molecular weight is 351 g/mol. The predicted molar refractivity (Wildman–Crippen MR) is 107 cm³/mol. The van der Waals surface area contributed by atoms with Gasteiger partial charge in [-0.2, -0.15) is 0 Å².